The molecule has 1 N–H and O–H groups in total. The molecule has 5 heteroatoms. The average Bonchev–Trinajstić information content (AvgIpc) is 2.24. The van der Waals surface area contributed by atoms with E-state index in [2.05, 4.69) is 10.3 Å². The van der Waals surface area contributed by atoms with Crippen molar-refractivity contribution in [2.24, 2.45) is 0 Å². The third kappa shape index (κ3) is 3.34. The Hall–Kier alpha value is -1.91. The second-order valence-electron chi connectivity index (χ2n) is 3.40. The Bertz CT molecular complexity index is 402. The van der Waals surface area contributed by atoms with Crippen molar-refractivity contribution in [2.45, 2.75) is 20.3 Å². The Morgan fingerprint density at radius 3 is 2.94 bits per heavy atom. The number of nitrogens with zero attached hydrogens (tertiary/aromatic N) is 2. The van der Waals surface area contributed by atoms with E-state index >= 15 is 0 Å². The number of anilines is 1. The topological polar surface area (TPSA) is 68.1 Å². The van der Waals surface area contributed by atoms with E-state index in [-0.39, 0.29) is 5.69 Å². The van der Waals surface area contributed by atoms with Crippen molar-refractivity contribution < 1.29 is 4.92 Å². The van der Waals surface area contributed by atoms with Crippen LogP contribution in [0.4, 0.5) is 11.5 Å². The largest absolute Gasteiger partial charge is 0.370 e. The molecule has 0 atom stereocenters. The number of aromatic nitrogens is 1. The Labute approximate surface area is 94.4 Å². The molecule has 1 heterocycles. The van der Waals surface area contributed by atoms with Gasteiger partial charge in [-0.2, -0.15) is 0 Å². The second-order valence-corrected chi connectivity index (χ2v) is 3.40. The van der Waals surface area contributed by atoms with Crippen molar-refractivity contribution in [3.63, 3.8) is 0 Å². The van der Waals surface area contributed by atoms with E-state index in [1.807, 2.05) is 19.1 Å². The van der Waals surface area contributed by atoms with Crippen molar-refractivity contribution in [3.8, 4) is 0 Å². The van der Waals surface area contributed by atoms with Crippen molar-refractivity contribution in [3.05, 3.63) is 40.1 Å². The maximum atomic E-state index is 10.6. The van der Waals surface area contributed by atoms with E-state index < -0.39 is 4.92 Å². The molecule has 0 unspecified atom stereocenters. The molecule has 0 saturated carbocycles. The van der Waals surface area contributed by atoms with Crippen LogP contribution in [0, 0.1) is 17.0 Å². The lowest BCUT2D eigenvalue weighted by atomic mass is 10.2. The molecule has 0 radical (unpaired) electrons. The fourth-order valence-electron chi connectivity index (χ4n) is 1.29. The van der Waals surface area contributed by atoms with Crippen molar-refractivity contribution in [2.75, 3.05) is 11.9 Å². The summed E-state index contributed by atoms with van der Waals surface area (Å²) in [5, 5.41) is 13.7. The number of hydrogen-bond acceptors (Lipinski definition) is 4. The van der Waals surface area contributed by atoms with Crippen LogP contribution in [0.2, 0.25) is 0 Å². The smallest absolute Gasteiger partial charge is 0.290 e. The van der Waals surface area contributed by atoms with Crippen LogP contribution in [0.3, 0.4) is 0 Å². The maximum Gasteiger partial charge on any atom is 0.290 e. The predicted octanol–water partition coefficient (Wildman–Crippen LogP) is 2.68. The van der Waals surface area contributed by atoms with Crippen LogP contribution in [0.25, 0.3) is 0 Å². The highest BCUT2D eigenvalue weighted by molar-refractivity contribution is 5.46. The minimum Gasteiger partial charge on any atom is -0.370 e. The lowest BCUT2D eigenvalue weighted by Gasteiger charge is -2.04. The maximum absolute atomic E-state index is 10.6. The highest BCUT2D eigenvalue weighted by atomic mass is 16.6. The molecule has 5 nitrogen and oxygen atoms in total. The number of rotatable bonds is 5. The van der Waals surface area contributed by atoms with Gasteiger partial charge in [-0.3, -0.25) is 10.1 Å². The number of allylic oxidation sites excluding steroid dienone is 1. The van der Waals surface area contributed by atoms with Gasteiger partial charge in [0, 0.05) is 12.1 Å². The fraction of sp³-hybridized carbons (Fsp3) is 0.364. The SMILES string of the molecule is C/C=C/CCNc1cc(C)c([N+](=O)[O-])cn1. The van der Waals surface area contributed by atoms with E-state index in [9.17, 15) is 10.1 Å². The summed E-state index contributed by atoms with van der Waals surface area (Å²) in [7, 11) is 0. The molecule has 0 spiro atoms. The molecule has 0 amide bonds. The molecule has 0 aliphatic rings. The number of hydrogen-bond donors (Lipinski definition) is 1. The van der Waals surface area contributed by atoms with Crippen LogP contribution in [-0.4, -0.2) is 16.5 Å². The molecule has 0 fully saturated rings. The third-order valence-corrected chi connectivity index (χ3v) is 2.13. The molecule has 0 bridgehead atoms. The first-order valence-electron chi connectivity index (χ1n) is 5.11. The number of nitrogens with one attached hydrogen (secondary N) is 1. The first-order chi connectivity index (χ1) is 7.65. The summed E-state index contributed by atoms with van der Waals surface area (Å²) >= 11 is 0. The van der Waals surface area contributed by atoms with Gasteiger partial charge in [0.1, 0.15) is 12.0 Å². The standard InChI is InChI=1S/C11H15N3O2/c1-3-4-5-6-12-11-7-9(2)10(8-13-11)14(15)16/h3-4,7-8H,5-6H2,1-2H3,(H,12,13)/b4-3+. The Kier molecular flexibility index (Phi) is 4.44. The molecule has 16 heavy (non-hydrogen) atoms. The van der Waals surface area contributed by atoms with Crippen LogP contribution in [-0.2, 0) is 0 Å². The molecule has 0 saturated heterocycles. The van der Waals surface area contributed by atoms with Gasteiger partial charge in [0.2, 0.25) is 0 Å². The zero-order valence-corrected chi connectivity index (χ0v) is 9.43. The molecule has 1 aromatic rings. The lowest BCUT2D eigenvalue weighted by molar-refractivity contribution is -0.385. The lowest BCUT2D eigenvalue weighted by Crippen LogP contribution is -2.03. The number of nitro groups is 1. The minimum absolute atomic E-state index is 0.0546. The fourth-order valence-corrected chi connectivity index (χ4v) is 1.29. The zero-order valence-electron chi connectivity index (χ0n) is 9.43. The first kappa shape index (κ1) is 12.2. The first-order valence-corrected chi connectivity index (χ1v) is 5.11. The highest BCUT2D eigenvalue weighted by Crippen LogP contribution is 2.18. The molecule has 1 rings (SSSR count). The average molecular weight is 221 g/mol. The molecule has 1 aromatic heterocycles. The Morgan fingerprint density at radius 1 is 1.62 bits per heavy atom. The quantitative estimate of drug-likeness (QED) is 0.359. The van der Waals surface area contributed by atoms with Crippen LogP contribution >= 0.6 is 0 Å². The summed E-state index contributed by atoms with van der Waals surface area (Å²) in [6.07, 6.45) is 6.23. The van der Waals surface area contributed by atoms with E-state index in [0.29, 0.717) is 11.4 Å². The van der Waals surface area contributed by atoms with E-state index in [1.165, 1.54) is 6.20 Å². The number of pyridine rings is 1. The molecule has 86 valence electrons. The Balaban J connectivity index is 2.63. The second kappa shape index (κ2) is 5.85. The van der Waals surface area contributed by atoms with Gasteiger partial charge in [0.15, 0.2) is 0 Å². The number of aryl methyl sites for hydroxylation is 1. The summed E-state index contributed by atoms with van der Waals surface area (Å²) in [4.78, 5) is 14.1. The molecular formula is C11H15N3O2. The van der Waals surface area contributed by atoms with Gasteiger partial charge in [0.05, 0.1) is 4.92 Å². The predicted molar refractivity (Wildman–Crippen MR) is 63.5 cm³/mol. The molecule has 0 aliphatic heterocycles. The summed E-state index contributed by atoms with van der Waals surface area (Å²) in [5.41, 5.74) is 0.674. The Morgan fingerprint density at radius 2 is 2.38 bits per heavy atom. The van der Waals surface area contributed by atoms with Crippen LogP contribution in [0.15, 0.2) is 24.4 Å². The molecule has 0 aromatic carbocycles. The van der Waals surface area contributed by atoms with E-state index in [0.717, 1.165) is 13.0 Å². The van der Waals surface area contributed by atoms with Crippen LogP contribution in [0.5, 0.6) is 0 Å². The van der Waals surface area contributed by atoms with Gasteiger partial charge in [-0.15, -0.1) is 0 Å². The van der Waals surface area contributed by atoms with Gasteiger partial charge < -0.3 is 5.32 Å². The van der Waals surface area contributed by atoms with Gasteiger partial charge in [0.25, 0.3) is 5.69 Å². The van der Waals surface area contributed by atoms with Crippen LogP contribution < -0.4 is 5.32 Å². The molecule has 0 aliphatic carbocycles. The minimum atomic E-state index is -0.425. The summed E-state index contributed by atoms with van der Waals surface area (Å²) in [5.74, 6) is 0.674. The van der Waals surface area contributed by atoms with E-state index in [1.54, 1.807) is 13.0 Å². The summed E-state index contributed by atoms with van der Waals surface area (Å²) < 4.78 is 0. The molecular weight excluding hydrogens is 206 g/mol. The summed E-state index contributed by atoms with van der Waals surface area (Å²) in [6, 6.07) is 1.69. The van der Waals surface area contributed by atoms with Crippen molar-refractivity contribution in [1.82, 2.24) is 4.98 Å². The van der Waals surface area contributed by atoms with Gasteiger partial charge in [-0.25, -0.2) is 4.98 Å². The zero-order chi connectivity index (χ0) is 12.0. The van der Waals surface area contributed by atoms with Gasteiger partial charge >= 0.3 is 0 Å². The third-order valence-electron chi connectivity index (χ3n) is 2.13. The van der Waals surface area contributed by atoms with Gasteiger partial charge in [-0.1, -0.05) is 12.2 Å². The monoisotopic (exact) mass is 221 g/mol. The van der Waals surface area contributed by atoms with Crippen molar-refractivity contribution >= 4 is 11.5 Å². The van der Waals surface area contributed by atoms with Crippen molar-refractivity contribution in [1.29, 1.82) is 0 Å². The van der Waals surface area contributed by atoms with E-state index in [4.69, 9.17) is 0 Å². The van der Waals surface area contributed by atoms with Gasteiger partial charge in [-0.05, 0) is 26.3 Å². The highest BCUT2D eigenvalue weighted by Gasteiger charge is 2.10. The van der Waals surface area contributed by atoms with Crippen LogP contribution in [0.1, 0.15) is 18.9 Å². The summed E-state index contributed by atoms with van der Waals surface area (Å²) in [6.45, 7) is 4.44. The normalized spacial score (nSPS) is 10.6.